The van der Waals surface area contributed by atoms with E-state index in [0.717, 1.165) is 22.5 Å². The van der Waals surface area contributed by atoms with E-state index in [-0.39, 0.29) is 5.69 Å². The van der Waals surface area contributed by atoms with Gasteiger partial charge in [-0.1, -0.05) is 0 Å². The first-order chi connectivity index (χ1) is 12.7. The third-order valence-corrected chi connectivity index (χ3v) is 4.05. The average molecular weight is 346 g/mol. The standard InChI is InChI=1S/C18H14N6O2/c25-24(26)17-2-1-16(14-4-5-19-11-15(14)17)22-10-13-3-6-21-18(9-13)23-8-7-20-12-23/h1-9,11-12,22H,10H2. The van der Waals surface area contributed by atoms with Gasteiger partial charge in [-0.25, -0.2) is 9.97 Å². The molecule has 0 amide bonds. The van der Waals surface area contributed by atoms with Crippen molar-refractivity contribution in [2.45, 2.75) is 6.54 Å². The Kier molecular flexibility index (Phi) is 3.98. The Bertz CT molecular complexity index is 1080. The van der Waals surface area contributed by atoms with E-state index in [2.05, 4.69) is 20.3 Å². The SMILES string of the molecule is O=[N+]([O-])c1ccc(NCc2ccnc(-n3ccnc3)c2)c2ccncc12. The zero-order chi connectivity index (χ0) is 17.9. The van der Waals surface area contributed by atoms with Gasteiger partial charge in [0.2, 0.25) is 0 Å². The van der Waals surface area contributed by atoms with Crippen molar-refractivity contribution in [1.82, 2.24) is 19.5 Å². The summed E-state index contributed by atoms with van der Waals surface area (Å²) in [6.07, 6.45) is 10.1. The van der Waals surface area contributed by atoms with Gasteiger partial charge >= 0.3 is 0 Å². The molecule has 3 aromatic heterocycles. The van der Waals surface area contributed by atoms with Crippen molar-refractivity contribution < 1.29 is 4.92 Å². The van der Waals surface area contributed by atoms with Crippen LogP contribution in [-0.4, -0.2) is 24.4 Å². The Balaban J connectivity index is 1.62. The smallest absolute Gasteiger partial charge is 0.278 e. The second-order valence-corrected chi connectivity index (χ2v) is 5.66. The summed E-state index contributed by atoms with van der Waals surface area (Å²) in [6.45, 7) is 0.555. The number of nitrogens with one attached hydrogen (secondary N) is 1. The third-order valence-electron chi connectivity index (χ3n) is 4.05. The maximum Gasteiger partial charge on any atom is 0.278 e. The first-order valence-electron chi connectivity index (χ1n) is 7.90. The van der Waals surface area contributed by atoms with Crippen molar-refractivity contribution in [3.8, 4) is 5.82 Å². The van der Waals surface area contributed by atoms with Crippen molar-refractivity contribution in [3.05, 3.63) is 83.3 Å². The van der Waals surface area contributed by atoms with E-state index in [1.165, 1.54) is 12.3 Å². The minimum atomic E-state index is -0.395. The molecule has 0 bridgehead atoms. The normalized spacial score (nSPS) is 10.8. The van der Waals surface area contributed by atoms with E-state index in [9.17, 15) is 10.1 Å². The predicted octanol–water partition coefficient (Wildman–Crippen LogP) is 3.34. The highest BCUT2D eigenvalue weighted by Crippen LogP contribution is 2.30. The quantitative estimate of drug-likeness (QED) is 0.439. The molecule has 0 atom stereocenters. The third kappa shape index (κ3) is 2.95. The number of nitro benzene ring substituents is 1. The number of hydrogen-bond donors (Lipinski definition) is 1. The number of aromatic nitrogens is 4. The molecule has 4 aromatic rings. The van der Waals surface area contributed by atoms with Crippen LogP contribution in [0.15, 0.2) is 67.6 Å². The van der Waals surface area contributed by atoms with Crippen molar-refractivity contribution in [3.63, 3.8) is 0 Å². The van der Waals surface area contributed by atoms with Gasteiger partial charge in [0.05, 0.1) is 10.3 Å². The predicted molar refractivity (Wildman–Crippen MR) is 97.1 cm³/mol. The highest BCUT2D eigenvalue weighted by Gasteiger charge is 2.14. The number of imidazole rings is 1. The summed E-state index contributed by atoms with van der Waals surface area (Å²) in [5.74, 6) is 0.777. The maximum absolute atomic E-state index is 11.2. The van der Waals surface area contributed by atoms with Crippen molar-refractivity contribution in [1.29, 1.82) is 0 Å². The van der Waals surface area contributed by atoms with E-state index < -0.39 is 4.92 Å². The van der Waals surface area contributed by atoms with Gasteiger partial charge in [-0.15, -0.1) is 0 Å². The number of anilines is 1. The lowest BCUT2D eigenvalue weighted by Gasteiger charge is -2.11. The Morgan fingerprint density at radius 1 is 1.08 bits per heavy atom. The molecule has 0 aliphatic carbocycles. The summed E-state index contributed by atoms with van der Waals surface area (Å²) in [5.41, 5.74) is 1.89. The molecule has 26 heavy (non-hydrogen) atoms. The molecule has 4 rings (SSSR count). The number of hydrogen-bond acceptors (Lipinski definition) is 6. The van der Waals surface area contributed by atoms with Crippen molar-refractivity contribution in [2.75, 3.05) is 5.32 Å². The first kappa shape index (κ1) is 15.7. The summed E-state index contributed by atoms with van der Waals surface area (Å²) in [6, 6.07) is 8.87. The number of rotatable bonds is 5. The topological polar surface area (TPSA) is 98.8 Å². The average Bonchev–Trinajstić information content (AvgIpc) is 3.21. The summed E-state index contributed by atoms with van der Waals surface area (Å²) in [4.78, 5) is 23.2. The van der Waals surface area contributed by atoms with Crippen LogP contribution >= 0.6 is 0 Å². The Morgan fingerprint density at radius 3 is 2.81 bits per heavy atom. The molecular formula is C18H14N6O2. The van der Waals surface area contributed by atoms with Gasteiger partial charge in [0, 0.05) is 54.7 Å². The van der Waals surface area contributed by atoms with E-state index >= 15 is 0 Å². The van der Waals surface area contributed by atoms with Crippen LogP contribution in [0, 0.1) is 10.1 Å². The van der Waals surface area contributed by atoms with Gasteiger partial charge in [0.25, 0.3) is 5.69 Å². The molecule has 0 aliphatic heterocycles. The van der Waals surface area contributed by atoms with Gasteiger partial charge in [-0.2, -0.15) is 0 Å². The maximum atomic E-state index is 11.2. The number of non-ortho nitro benzene ring substituents is 1. The highest BCUT2D eigenvalue weighted by molar-refractivity contribution is 5.99. The summed E-state index contributed by atoms with van der Waals surface area (Å²) < 4.78 is 1.83. The second kappa shape index (κ2) is 6.60. The largest absolute Gasteiger partial charge is 0.380 e. The molecular weight excluding hydrogens is 332 g/mol. The van der Waals surface area contributed by atoms with Crippen LogP contribution in [0.25, 0.3) is 16.6 Å². The van der Waals surface area contributed by atoms with Gasteiger partial charge < -0.3 is 5.32 Å². The molecule has 1 N–H and O–H groups in total. The molecule has 128 valence electrons. The van der Waals surface area contributed by atoms with E-state index in [1.54, 1.807) is 37.1 Å². The summed E-state index contributed by atoms with van der Waals surface area (Å²) in [5, 5.41) is 15.8. The van der Waals surface area contributed by atoms with Crippen LogP contribution in [0.5, 0.6) is 0 Å². The number of fused-ring (bicyclic) bond motifs is 1. The molecule has 8 nitrogen and oxygen atoms in total. The van der Waals surface area contributed by atoms with E-state index in [1.807, 2.05) is 22.9 Å². The first-order valence-corrected chi connectivity index (χ1v) is 7.90. The summed E-state index contributed by atoms with van der Waals surface area (Å²) >= 11 is 0. The minimum Gasteiger partial charge on any atom is -0.380 e. The number of benzene rings is 1. The van der Waals surface area contributed by atoms with Crippen LogP contribution in [0.2, 0.25) is 0 Å². The monoisotopic (exact) mass is 346 g/mol. The molecule has 3 heterocycles. The van der Waals surface area contributed by atoms with Crippen LogP contribution in [-0.2, 0) is 6.54 Å². The lowest BCUT2D eigenvalue weighted by atomic mass is 10.1. The number of nitro groups is 1. The van der Waals surface area contributed by atoms with Crippen LogP contribution in [0.3, 0.4) is 0 Å². The van der Waals surface area contributed by atoms with Gasteiger partial charge in [0.1, 0.15) is 12.1 Å². The van der Waals surface area contributed by atoms with Crippen molar-refractivity contribution in [2.24, 2.45) is 0 Å². The summed E-state index contributed by atoms with van der Waals surface area (Å²) in [7, 11) is 0. The van der Waals surface area contributed by atoms with Gasteiger partial charge in [0.15, 0.2) is 0 Å². The number of nitrogens with zero attached hydrogens (tertiary/aromatic N) is 5. The fourth-order valence-electron chi connectivity index (χ4n) is 2.79. The molecule has 0 aliphatic rings. The zero-order valence-corrected chi connectivity index (χ0v) is 13.6. The zero-order valence-electron chi connectivity index (χ0n) is 13.6. The molecule has 0 spiro atoms. The van der Waals surface area contributed by atoms with Crippen LogP contribution in [0.4, 0.5) is 11.4 Å². The Morgan fingerprint density at radius 2 is 2.00 bits per heavy atom. The Hall–Kier alpha value is -3.81. The molecule has 0 radical (unpaired) electrons. The fourth-order valence-corrected chi connectivity index (χ4v) is 2.79. The molecule has 0 unspecified atom stereocenters. The van der Waals surface area contributed by atoms with E-state index in [4.69, 9.17) is 0 Å². The van der Waals surface area contributed by atoms with Crippen LogP contribution < -0.4 is 5.32 Å². The second-order valence-electron chi connectivity index (χ2n) is 5.66. The number of pyridine rings is 2. The van der Waals surface area contributed by atoms with Crippen LogP contribution in [0.1, 0.15) is 5.56 Å². The van der Waals surface area contributed by atoms with Gasteiger partial charge in [-0.05, 0) is 29.8 Å². The fraction of sp³-hybridized carbons (Fsp3) is 0.0556. The lowest BCUT2D eigenvalue weighted by molar-refractivity contribution is -0.383. The highest BCUT2D eigenvalue weighted by atomic mass is 16.6. The molecule has 0 saturated carbocycles. The lowest BCUT2D eigenvalue weighted by Crippen LogP contribution is -2.03. The molecule has 8 heteroatoms. The van der Waals surface area contributed by atoms with Crippen molar-refractivity contribution >= 4 is 22.1 Å². The van der Waals surface area contributed by atoms with E-state index in [0.29, 0.717) is 11.9 Å². The Labute approximate surface area is 148 Å². The molecule has 1 aromatic carbocycles. The molecule has 0 saturated heterocycles. The molecule has 0 fully saturated rings. The van der Waals surface area contributed by atoms with Gasteiger partial charge in [-0.3, -0.25) is 19.7 Å². The minimum absolute atomic E-state index is 0.0463.